The molecule has 0 aliphatic heterocycles. The van der Waals surface area contributed by atoms with E-state index in [9.17, 15) is 4.79 Å². The van der Waals surface area contributed by atoms with E-state index < -0.39 is 0 Å². The molecule has 24 heavy (non-hydrogen) atoms. The highest BCUT2D eigenvalue weighted by Crippen LogP contribution is 2.33. The van der Waals surface area contributed by atoms with Crippen LogP contribution in [0, 0.1) is 5.92 Å². The van der Waals surface area contributed by atoms with Gasteiger partial charge in [0.1, 0.15) is 5.69 Å². The standard InChI is InChI=1S/C19H24N4O/c24-19(18-13-17(9-11-20-18)23-12-4-10-21-23)22(14-15-7-8-15)16-5-2-1-3-6-16/h4,9-13,15-16H,1-3,5-8,14H2. The van der Waals surface area contributed by atoms with Crippen molar-refractivity contribution in [2.24, 2.45) is 5.92 Å². The predicted octanol–water partition coefficient (Wildman–Crippen LogP) is 3.45. The van der Waals surface area contributed by atoms with Gasteiger partial charge in [0.2, 0.25) is 0 Å². The molecule has 0 aromatic carbocycles. The van der Waals surface area contributed by atoms with Crippen molar-refractivity contribution in [3.63, 3.8) is 0 Å². The maximum atomic E-state index is 13.2. The molecule has 5 heteroatoms. The lowest BCUT2D eigenvalue weighted by Gasteiger charge is -2.34. The van der Waals surface area contributed by atoms with Crippen LogP contribution in [0.4, 0.5) is 0 Å². The number of nitrogens with zero attached hydrogens (tertiary/aromatic N) is 4. The van der Waals surface area contributed by atoms with Crippen LogP contribution in [0.15, 0.2) is 36.8 Å². The van der Waals surface area contributed by atoms with Crippen LogP contribution in [0.2, 0.25) is 0 Å². The Morgan fingerprint density at radius 2 is 2.00 bits per heavy atom. The molecule has 4 rings (SSSR count). The number of carbonyl (C=O) groups is 1. The van der Waals surface area contributed by atoms with Gasteiger partial charge >= 0.3 is 0 Å². The summed E-state index contributed by atoms with van der Waals surface area (Å²) in [4.78, 5) is 19.6. The summed E-state index contributed by atoms with van der Waals surface area (Å²) >= 11 is 0. The van der Waals surface area contributed by atoms with Crippen molar-refractivity contribution in [2.75, 3.05) is 6.54 Å². The van der Waals surface area contributed by atoms with Crippen LogP contribution in [-0.2, 0) is 0 Å². The molecule has 2 aliphatic rings. The zero-order valence-corrected chi connectivity index (χ0v) is 14.0. The molecule has 0 atom stereocenters. The quantitative estimate of drug-likeness (QED) is 0.846. The van der Waals surface area contributed by atoms with E-state index in [0.29, 0.717) is 17.7 Å². The molecular weight excluding hydrogens is 300 g/mol. The van der Waals surface area contributed by atoms with Crippen molar-refractivity contribution in [3.8, 4) is 5.69 Å². The number of rotatable bonds is 5. The van der Waals surface area contributed by atoms with E-state index in [2.05, 4.69) is 15.0 Å². The van der Waals surface area contributed by atoms with Crippen molar-refractivity contribution < 1.29 is 4.79 Å². The number of hydrogen-bond donors (Lipinski definition) is 0. The van der Waals surface area contributed by atoms with E-state index in [1.165, 1.54) is 32.1 Å². The van der Waals surface area contributed by atoms with Crippen LogP contribution in [0.5, 0.6) is 0 Å². The fraction of sp³-hybridized carbons (Fsp3) is 0.526. The van der Waals surface area contributed by atoms with E-state index in [-0.39, 0.29) is 5.91 Å². The van der Waals surface area contributed by atoms with Crippen LogP contribution in [0.25, 0.3) is 5.69 Å². The number of hydrogen-bond acceptors (Lipinski definition) is 3. The summed E-state index contributed by atoms with van der Waals surface area (Å²) in [5, 5.41) is 4.24. The Morgan fingerprint density at radius 1 is 1.17 bits per heavy atom. The van der Waals surface area contributed by atoms with Crippen molar-refractivity contribution in [2.45, 2.75) is 51.0 Å². The molecule has 0 radical (unpaired) electrons. The summed E-state index contributed by atoms with van der Waals surface area (Å²) in [7, 11) is 0. The van der Waals surface area contributed by atoms with Crippen LogP contribution < -0.4 is 0 Å². The number of carbonyl (C=O) groups excluding carboxylic acids is 1. The highest BCUT2D eigenvalue weighted by Gasteiger charge is 2.32. The number of pyridine rings is 1. The molecule has 2 aromatic heterocycles. The third-order valence-electron chi connectivity index (χ3n) is 5.16. The molecule has 2 fully saturated rings. The fourth-order valence-electron chi connectivity index (χ4n) is 3.62. The second-order valence-electron chi connectivity index (χ2n) is 7.04. The van der Waals surface area contributed by atoms with E-state index in [1.54, 1.807) is 17.1 Å². The highest BCUT2D eigenvalue weighted by molar-refractivity contribution is 5.93. The molecule has 2 aliphatic carbocycles. The third kappa shape index (κ3) is 3.35. The average Bonchev–Trinajstić information content (AvgIpc) is 3.29. The van der Waals surface area contributed by atoms with Gasteiger partial charge in [-0.05, 0) is 49.8 Å². The maximum absolute atomic E-state index is 13.2. The molecule has 0 spiro atoms. The molecule has 0 unspecified atom stereocenters. The second-order valence-corrected chi connectivity index (χ2v) is 7.04. The topological polar surface area (TPSA) is 51.0 Å². The normalized spacial score (nSPS) is 18.5. The van der Waals surface area contributed by atoms with Gasteiger partial charge in [-0.25, -0.2) is 4.68 Å². The first-order valence-corrected chi connectivity index (χ1v) is 9.08. The molecule has 1 amide bonds. The Hall–Kier alpha value is -2.17. The summed E-state index contributed by atoms with van der Waals surface area (Å²) < 4.78 is 1.77. The van der Waals surface area contributed by atoms with Gasteiger partial charge in [-0.3, -0.25) is 9.78 Å². The highest BCUT2D eigenvalue weighted by atomic mass is 16.2. The van der Waals surface area contributed by atoms with Gasteiger partial charge in [0, 0.05) is 31.2 Å². The molecule has 5 nitrogen and oxygen atoms in total. The van der Waals surface area contributed by atoms with Gasteiger partial charge in [0.25, 0.3) is 5.91 Å². The van der Waals surface area contributed by atoms with Gasteiger partial charge in [-0.2, -0.15) is 5.10 Å². The minimum absolute atomic E-state index is 0.0859. The molecular formula is C19H24N4O. The lowest BCUT2D eigenvalue weighted by Crippen LogP contribution is -2.43. The van der Waals surface area contributed by atoms with Crippen molar-refractivity contribution in [1.29, 1.82) is 0 Å². The summed E-state index contributed by atoms with van der Waals surface area (Å²) in [6.45, 7) is 0.900. The predicted molar refractivity (Wildman–Crippen MR) is 92.0 cm³/mol. The smallest absolute Gasteiger partial charge is 0.272 e. The lowest BCUT2D eigenvalue weighted by atomic mass is 9.93. The van der Waals surface area contributed by atoms with E-state index in [1.807, 2.05) is 24.4 Å². The Labute approximate surface area is 142 Å². The van der Waals surface area contributed by atoms with Gasteiger partial charge < -0.3 is 4.90 Å². The lowest BCUT2D eigenvalue weighted by molar-refractivity contribution is 0.0616. The number of amides is 1. The summed E-state index contributed by atoms with van der Waals surface area (Å²) in [5.74, 6) is 0.785. The third-order valence-corrected chi connectivity index (χ3v) is 5.16. The molecule has 0 bridgehead atoms. The minimum atomic E-state index is 0.0859. The first kappa shape index (κ1) is 15.4. The zero-order chi connectivity index (χ0) is 16.4. The first-order chi connectivity index (χ1) is 11.8. The Bertz CT molecular complexity index is 687. The largest absolute Gasteiger partial charge is 0.334 e. The van der Waals surface area contributed by atoms with Gasteiger partial charge in [-0.15, -0.1) is 0 Å². The zero-order valence-electron chi connectivity index (χ0n) is 14.0. The van der Waals surface area contributed by atoms with Crippen LogP contribution in [-0.4, -0.2) is 38.2 Å². The Balaban J connectivity index is 1.58. The van der Waals surface area contributed by atoms with E-state index in [0.717, 1.165) is 25.1 Å². The molecule has 0 saturated heterocycles. The SMILES string of the molecule is O=C(c1cc(-n2cccn2)ccn1)N(CC1CC1)C1CCCCC1. The summed E-state index contributed by atoms with van der Waals surface area (Å²) in [6.07, 6.45) is 13.9. The number of aromatic nitrogens is 3. The average molecular weight is 324 g/mol. The minimum Gasteiger partial charge on any atom is -0.334 e. The van der Waals surface area contributed by atoms with Crippen molar-refractivity contribution in [1.82, 2.24) is 19.7 Å². The van der Waals surface area contributed by atoms with Crippen LogP contribution in [0.1, 0.15) is 55.4 Å². The maximum Gasteiger partial charge on any atom is 0.272 e. The van der Waals surface area contributed by atoms with E-state index in [4.69, 9.17) is 0 Å². The van der Waals surface area contributed by atoms with E-state index >= 15 is 0 Å². The fourth-order valence-corrected chi connectivity index (χ4v) is 3.62. The molecule has 0 N–H and O–H groups in total. The Kier molecular flexibility index (Phi) is 4.32. The monoisotopic (exact) mass is 324 g/mol. The summed E-state index contributed by atoms with van der Waals surface area (Å²) in [6, 6.07) is 6.01. The molecule has 2 saturated carbocycles. The Morgan fingerprint density at radius 3 is 2.71 bits per heavy atom. The van der Waals surface area contributed by atoms with Gasteiger partial charge in [0.15, 0.2) is 0 Å². The van der Waals surface area contributed by atoms with Crippen molar-refractivity contribution >= 4 is 5.91 Å². The molecule has 2 heterocycles. The molecule has 126 valence electrons. The van der Waals surface area contributed by atoms with Gasteiger partial charge in [0.05, 0.1) is 5.69 Å². The molecule has 2 aromatic rings. The van der Waals surface area contributed by atoms with Crippen LogP contribution in [0.3, 0.4) is 0 Å². The van der Waals surface area contributed by atoms with Gasteiger partial charge in [-0.1, -0.05) is 19.3 Å². The second kappa shape index (κ2) is 6.75. The van der Waals surface area contributed by atoms with Crippen molar-refractivity contribution in [3.05, 3.63) is 42.5 Å². The van der Waals surface area contributed by atoms with Crippen LogP contribution >= 0.6 is 0 Å². The first-order valence-electron chi connectivity index (χ1n) is 9.08. The summed E-state index contributed by atoms with van der Waals surface area (Å²) in [5.41, 5.74) is 1.42.